The minimum atomic E-state index is 0.394. The first-order chi connectivity index (χ1) is 5.53. The summed E-state index contributed by atoms with van der Waals surface area (Å²) in [7, 11) is 0. The lowest BCUT2D eigenvalue weighted by Crippen LogP contribution is -2.53. The molecule has 12 heavy (non-hydrogen) atoms. The Morgan fingerprint density at radius 1 is 1.33 bits per heavy atom. The quantitative estimate of drug-likeness (QED) is 0.585. The van der Waals surface area contributed by atoms with E-state index in [0.717, 1.165) is 12.3 Å². The third kappa shape index (κ3) is 0.884. The van der Waals surface area contributed by atoms with Crippen LogP contribution in [0, 0.1) is 23.2 Å². The highest BCUT2D eigenvalue weighted by Crippen LogP contribution is 2.61. The van der Waals surface area contributed by atoms with Crippen LogP contribution in [0.4, 0.5) is 0 Å². The van der Waals surface area contributed by atoms with Crippen molar-refractivity contribution in [3.05, 3.63) is 0 Å². The molecule has 3 aliphatic carbocycles. The molecule has 0 radical (unpaired) electrons. The fourth-order valence-electron chi connectivity index (χ4n) is 3.30. The molecule has 3 unspecified atom stereocenters. The zero-order valence-corrected chi connectivity index (χ0v) is 8.26. The number of fused-ring (bicyclic) bond motifs is 2. The molecule has 3 fully saturated rings. The van der Waals surface area contributed by atoms with E-state index in [1.165, 1.54) is 12.8 Å². The van der Waals surface area contributed by atoms with Gasteiger partial charge in [0.15, 0.2) is 0 Å². The van der Waals surface area contributed by atoms with E-state index in [1.807, 2.05) is 0 Å². The van der Waals surface area contributed by atoms with E-state index in [-0.39, 0.29) is 0 Å². The molecule has 1 heteroatoms. The standard InChI is InChI=1S/C11H18O/c1-7(12)9-5-4-8-6-10(9)11(8,2)3/h8-10H,4-6H2,1-3H3. The molecule has 0 aromatic carbocycles. The Bertz CT molecular complexity index is 215. The molecule has 0 aliphatic heterocycles. The van der Waals surface area contributed by atoms with Gasteiger partial charge in [0.05, 0.1) is 0 Å². The van der Waals surface area contributed by atoms with Gasteiger partial charge < -0.3 is 0 Å². The van der Waals surface area contributed by atoms with E-state index in [0.29, 0.717) is 23.0 Å². The van der Waals surface area contributed by atoms with Gasteiger partial charge in [-0.2, -0.15) is 0 Å². The van der Waals surface area contributed by atoms with Gasteiger partial charge in [-0.15, -0.1) is 0 Å². The smallest absolute Gasteiger partial charge is 0.133 e. The lowest BCUT2D eigenvalue weighted by molar-refractivity contribution is -0.144. The van der Waals surface area contributed by atoms with Crippen LogP contribution in [-0.4, -0.2) is 5.78 Å². The topological polar surface area (TPSA) is 17.1 Å². The minimum Gasteiger partial charge on any atom is -0.300 e. The van der Waals surface area contributed by atoms with Crippen molar-refractivity contribution >= 4 is 5.78 Å². The van der Waals surface area contributed by atoms with E-state index < -0.39 is 0 Å². The summed E-state index contributed by atoms with van der Waals surface area (Å²) < 4.78 is 0. The van der Waals surface area contributed by atoms with Crippen molar-refractivity contribution in [2.75, 3.05) is 0 Å². The summed E-state index contributed by atoms with van der Waals surface area (Å²) in [6, 6.07) is 0. The predicted molar refractivity (Wildman–Crippen MR) is 48.8 cm³/mol. The summed E-state index contributed by atoms with van der Waals surface area (Å²) in [4.78, 5) is 11.3. The first kappa shape index (κ1) is 8.28. The maximum absolute atomic E-state index is 11.3. The summed E-state index contributed by atoms with van der Waals surface area (Å²) in [6.45, 7) is 6.43. The molecule has 1 nitrogen and oxygen atoms in total. The van der Waals surface area contributed by atoms with Gasteiger partial charge in [0, 0.05) is 5.92 Å². The SMILES string of the molecule is CC(=O)C1CCC2CC1C2(C)C. The van der Waals surface area contributed by atoms with Crippen LogP contribution in [0.2, 0.25) is 0 Å². The van der Waals surface area contributed by atoms with Crippen LogP contribution in [0.25, 0.3) is 0 Å². The Balaban J connectivity index is 2.16. The van der Waals surface area contributed by atoms with E-state index in [2.05, 4.69) is 13.8 Å². The van der Waals surface area contributed by atoms with Crippen molar-refractivity contribution in [2.24, 2.45) is 23.2 Å². The lowest BCUT2D eigenvalue weighted by atomic mass is 9.45. The number of Topliss-reactive ketones (excluding diaryl/α,β-unsaturated/α-hetero) is 1. The van der Waals surface area contributed by atoms with Gasteiger partial charge >= 0.3 is 0 Å². The molecule has 0 N–H and O–H groups in total. The fraction of sp³-hybridized carbons (Fsp3) is 0.909. The Morgan fingerprint density at radius 2 is 2.00 bits per heavy atom. The zero-order chi connectivity index (χ0) is 8.93. The average molecular weight is 166 g/mol. The molecular formula is C11H18O. The summed E-state index contributed by atoms with van der Waals surface area (Å²) >= 11 is 0. The zero-order valence-electron chi connectivity index (χ0n) is 8.26. The summed E-state index contributed by atoms with van der Waals surface area (Å²) in [6.07, 6.45) is 3.76. The first-order valence-corrected chi connectivity index (χ1v) is 5.04. The number of carbonyl (C=O) groups is 1. The molecular weight excluding hydrogens is 148 g/mol. The van der Waals surface area contributed by atoms with E-state index in [4.69, 9.17) is 0 Å². The second-order valence-electron chi connectivity index (χ2n) is 5.15. The molecule has 68 valence electrons. The predicted octanol–water partition coefficient (Wildman–Crippen LogP) is 2.65. The highest BCUT2D eigenvalue weighted by atomic mass is 16.1. The second kappa shape index (κ2) is 2.34. The molecule has 3 saturated carbocycles. The minimum absolute atomic E-state index is 0.394. The lowest BCUT2D eigenvalue weighted by Gasteiger charge is -2.59. The first-order valence-electron chi connectivity index (χ1n) is 5.04. The fourth-order valence-corrected chi connectivity index (χ4v) is 3.30. The molecule has 0 heterocycles. The summed E-state index contributed by atoms with van der Waals surface area (Å²) in [5.41, 5.74) is 0.467. The highest BCUT2D eigenvalue weighted by molar-refractivity contribution is 5.79. The van der Waals surface area contributed by atoms with Crippen LogP contribution in [0.3, 0.4) is 0 Å². The number of carbonyl (C=O) groups excluding carboxylic acids is 1. The third-order valence-electron chi connectivity index (χ3n) is 4.38. The third-order valence-corrected chi connectivity index (χ3v) is 4.38. The number of rotatable bonds is 1. The number of hydrogen-bond donors (Lipinski definition) is 0. The van der Waals surface area contributed by atoms with Crippen molar-refractivity contribution in [1.29, 1.82) is 0 Å². The molecule has 3 atom stereocenters. The highest BCUT2D eigenvalue weighted by Gasteiger charge is 2.55. The van der Waals surface area contributed by atoms with Crippen molar-refractivity contribution in [2.45, 2.75) is 40.0 Å². The maximum atomic E-state index is 11.3. The van der Waals surface area contributed by atoms with Crippen molar-refractivity contribution < 1.29 is 4.79 Å². The van der Waals surface area contributed by atoms with E-state index in [1.54, 1.807) is 6.92 Å². The van der Waals surface area contributed by atoms with Crippen LogP contribution in [0.15, 0.2) is 0 Å². The number of ketones is 1. The molecule has 0 amide bonds. The maximum Gasteiger partial charge on any atom is 0.133 e. The van der Waals surface area contributed by atoms with Crippen molar-refractivity contribution in [1.82, 2.24) is 0 Å². The Labute approximate surface area is 74.5 Å². The van der Waals surface area contributed by atoms with Crippen molar-refractivity contribution in [3.8, 4) is 0 Å². The molecule has 0 saturated heterocycles. The second-order valence-corrected chi connectivity index (χ2v) is 5.15. The van der Waals surface area contributed by atoms with Gasteiger partial charge in [-0.25, -0.2) is 0 Å². The summed E-state index contributed by atoms with van der Waals surface area (Å²) in [5, 5.41) is 0. The molecule has 0 aromatic rings. The Kier molecular flexibility index (Phi) is 1.61. The van der Waals surface area contributed by atoms with Gasteiger partial charge in [-0.3, -0.25) is 4.79 Å². The Hall–Kier alpha value is -0.330. The van der Waals surface area contributed by atoms with Gasteiger partial charge in [0.2, 0.25) is 0 Å². The van der Waals surface area contributed by atoms with Crippen molar-refractivity contribution in [3.63, 3.8) is 0 Å². The monoisotopic (exact) mass is 166 g/mol. The molecule has 0 spiro atoms. The van der Waals surface area contributed by atoms with Crippen LogP contribution >= 0.6 is 0 Å². The van der Waals surface area contributed by atoms with Crippen LogP contribution < -0.4 is 0 Å². The van der Waals surface area contributed by atoms with Gasteiger partial charge in [0.1, 0.15) is 5.78 Å². The van der Waals surface area contributed by atoms with Gasteiger partial charge in [0.25, 0.3) is 0 Å². The molecule has 3 aliphatic rings. The average Bonchev–Trinajstić information content (AvgIpc) is 2.04. The van der Waals surface area contributed by atoms with Crippen LogP contribution in [0.1, 0.15) is 40.0 Å². The largest absolute Gasteiger partial charge is 0.300 e. The molecule has 0 aromatic heterocycles. The molecule has 3 rings (SSSR count). The van der Waals surface area contributed by atoms with Crippen LogP contribution in [-0.2, 0) is 4.79 Å². The van der Waals surface area contributed by atoms with Crippen LogP contribution in [0.5, 0.6) is 0 Å². The van der Waals surface area contributed by atoms with Gasteiger partial charge in [-0.05, 0) is 43.4 Å². The summed E-state index contributed by atoms with van der Waals surface area (Å²) in [5.74, 6) is 2.43. The Morgan fingerprint density at radius 3 is 2.33 bits per heavy atom. The van der Waals surface area contributed by atoms with E-state index >= 15 is 0 Å². The number of hydrogen-bond acceptors (Lipinski definition) is 1. The molecule has 2 bridgehead atoms. The van der Waals surface area contributed by atoms with Gasteiger partial charge in [-0.1, -0.05) is 13.8 Å². The van der Waals surface area contributed by atoms with E-state index in [9.17, 15) is 4.79 Å². The normalized spacial score (nSPS) is 43.4.